The predicted molar refractivity (Wildman–Crippen MR) is 86.0 cm³/mol. The van der Waals surface area contributed by atoms with E-state index in [1.54, 1.807) is 31.2 Å². The summed E-state index contributed by atoms with van der Waals surface area (Å²) >= 11 is 0. The lowest BCUT2D eigenvalue weighted by atomic mass is 10.1. The second-order valence-electron chi connectivity index (χ2n) is 5.18. The molecular weight excluding hydrogens is 312 g/mol. The highest BCUT2D eigenvalue weighted by atomic mass is 16.5. The molecule has 2 aromatic rings. The summed E-state index contributed by atoms with van der Waals surface area (Å²) in [5, 5.41) is 6.34. The largest absolute Gasteiger partial charge is 0.452 e. The molecule has 0 saturated carbocycles. The molecular formula is C17H18N2O5. The number of aromatic nitrogens is 1. The third kappa shape index (κ3) is 4.07. The molecule has 24 heavy (non-hydrogen) atoms. The van der Waals surface area contributed by atoms with Crippen molar-refractivity contribution in [1.82, 2.24) is 5.16 Å². The number of ether oxygens (including phenoxy) is 1. The number of hydrogen-bond acceptors (Lipinski definition) is 6. The van der Waals surface area contributed by atoms with E-state index >= 15 is 0 Å². The van der Waals surface area contributed by atoms with Gasteiger partial charge in [0, 0.05) is 11.3 Å². The van der Waals surface area contributed by atoms with Gasteiger partial charge >= 0.3 is 5.97 Å². The highest BCUT2D eigenvalue weighted by Crippen LogP contribution is 2.15. The quantitative estimate of drug-likeness (QED) is 0.645. The fourth-order valence-electron chi connectivity index (χ4n) is 2.14. The van der Waals surface area contributed by atoms with Gasteiger partial charge in [0.2, 0.25) is 0 Å². The molecule has 0 aliphatic heterocycles. The highest BCUT2D eigenvalue weighted by molar-refractivity contribution is 5.98. The Hall–Kier alpha value is -2.96. The van der Waals surface area contributed by atoms with Crippen LogP contribution in [0.3, 0.4) is 0 Å². The summed E-state index contributed by atoms with van der Waals surface area (Å²) in [6.07, 6.45) is 0.520. The van der Waals surface area contributed by atoms with Gasteiger partial charge in [-0.2, -0.15) is 0 Å². The van der Waals surface area contributed by atoms with Gasteiger partial charge in [0.05, 0.1) is 5.69 Å². The molecule has 1 aromatic carbocycles. The molecule has 0 unspecified atom stereocenters. The number of carbonyl (C=O) groups is 3. The van der Waals surface area contributed by atoms with E-state index in [4.69, 9.17) is 9.26 Å². The molecule has 0 fully saturated rings. The average Bonchev–Trinajstić information content (AvgIpc) is 2.93. The van der Waals surface area contributed by atoms with Crippen molar-refractivity contribution >= 4 is 23.3 Å². The minimum atomic E-state index is -0.654. The van der Waals surface area contributed by atoms with Crippen molar-refractivity contribution in [3.63, 3.8) is 0 Å². The van der Waals surface area contributed by atoms with Gasteiger partial charge in [-0.25, -0.2) is 4.79 Å². The fourth-order valence-corrected chi connectivity index (χ4v) is 2.14. The number of benzene rings is 1. The van der Waals surface area contributed by atoms with E-state index in [1.165, 1.54) is 6.92 Å². The van der Waals surface area contributed by atoms with Crippen LogP contribution in [0.2, 0.25) is 0 Å². The zero-order valence-electron chi connectivity index (χ0n) is 13.7. The molecule has 0 atom stereocenters. The van der Waals surface area contributed by atoms with Crippen molar-refractivity contribution in [2.75, 3.05) is 11.9 Å². The van der Waals surface area contributed by atoms with Gasteiger partial charge in [-0.15, -0.1) is 0 Å². The molecule has 1 aromatic heterocycles. The lowest BCUT2D eigenvalue weighted by molar-refractivity contribution is -0.119. The SMILES string of the molecule is CCc1noc(C)c1C(=O)OCC(=O)Nc1cccc(C(C)=O)c1. The van der Waals surface area contributed by atoms with Crippen LogP contribution in [0.15, 0.2) is 28.8 Å². The van der Waals surface area contributed by atoms with Crippen LogP contribution in [-0.2, 0) is 16.0 Å². The second kappa shape index (κ2) is 7.54. The Balaban J connectivity index is 1.96. The summed E-state index contributed by atoms with van der Waals surface area (Å²) in [5.41, 5.74) is 1.69. The number of carbonyl (C=O) groups excluding carboxylic acids is 3. The van der Waals surface area contributed by atoms with Gasteiger partial charge in [-0.05, 0) is 32.4 Å². The first-order chi connectivity index (χ1) is 11.4. The van der Waals surface area contributed by atoms with Crippen molar-refractivity contribution in [2.45, 2.75) is 27.2 Å². The number of nitrogens with zero attached hydrogens (tertiary/aromatic N) is 1. The molecule has 1 heterocycles. The molecule has 0 radical (unpaired) electrons. The van der Waals surface area contributed by atoms with Crippen molar-refractivity contribution in [3.05, 3.63) is 46.8 Å². The predicted octanol–water partition coefficient (Wildman–Crippen LogP) is 2.54. The van der Waals surface area contributed by atoms with E-state index in [2.05, 4.69) is 10.5 Å². The highest BCUT2D eigenvalue weighted by Gasteiger charge is 2.21. The number of nitrogens with one attached hydrogen (secondary N) is 1. The van der Waals surface area contributed by atoms with Gasteiger partial charge in [0.15, 0.2) is 12.4 Å². The van der Waals surface area contributed by atoms with Gasteiger partial charge in [-0.1, -0.05) is 24.2 Å². The summed E-state index contributed by atoms with van der Waals surface area (Å²) in [6, 6.07) is 6.51. The van der Waals surface area contributed by atoms with E-state index in [1.807, 2.05) is 6.92 Å². The van der Waals surface area contributed by atoms with Crippen molar-refractivity contribution in [2.24, 2.45) is 0 Å². The number of aryl methyl sites for hydroxylation is 2. The summed E-state index contributed by atoms with van der Waals surface area (Å²) in [4.78, 5) is 35.3. The second-order valence-corrected chi connectivity index (χ2v) is 5.18. The maximum absolute atomic E-state index is 12.1. The molecule has 0 bridgehead atoms. The Bertz CT molecular complexity index is 779. The number of Topliss-reactive ketones (excluding diaryl/α,β-unsaturated/α-hetero) is 1. The van der Waals surface area contributed by atoms with Crippen molar-refractivity contribution < 1.29 is 23.6 Å². The number of ketones is 1. The Morgan fingerprint density at radius 3 is 2.71 bits per heavy atom. The molecule has 126 valence electrons. The van der Waals surface area contributed by atoms with Crippen LogP contribution in [-0.4, -0.2) is 29.4 Å². The van der Waals surface area contributed by atoms with Crippen LogP contribution in [0, 0.1) is 6.92 Å². The molecule has 0 aliphatic rings. The van der Waals surface area contributed by atoms with Crippen LogP contribution in [0.1, 0.15) is 46.0 Å². The molecule has 7 heteroatoms. The lowest BCUT2D eigenvalue weighted by Gasteiger charge is -2.07. The molecule has 1 N–H and O–H groups in total. The monoisotopic (exact) mass is 330 g/mol. The van der Waals surface area contributed by atoms with Crippen LogP contribution >= 0.6 is 0 Å². The van der Waals surface area contributed by atoms with Crippen LogP contribution in [0.5, 0.6) is 0 Å². The Morgan fingerprint density at radius 1 is 1.29 bits per heavy atom. The minimum absolute atomic E-state index is 0.104. The van der Waals surface area contributed by atoms with E-state index in [9.17, 15) is 14.4 Å². The minimum Gasteiger partial charge on any atom is -0.452 e. The smallest absolute Gasteiger partial charge is 0.344 e. The summed E-state index contributed by atoms with van der Waals surface area (Å²) < 4.78 is 9.97. The van der Waals surface area contributed by atoms with Crippen LogP contribution in [0.4, 0.5) is 5.69 Å². The molecule has 7 nitrogen and oxygen atoms in total. The van der Waals surface area contributed by atoms with E-state index in [0.717, 1.165) is 0 Å². The van der Waals surface area contributed by atoms with Crippen molar-refractivity contribution in [1.29, 1.82) is 0 Å². The van der Waals surface area contributed by atoms with Crippen LogP contribution in [0.25, 0.3) is 0 Å². The maximum Gasteiger partial charge on any atom is 0.344 e. The molecule has 1 amide bonds. The van der Waals surface area contributed by atoms with Gasteiger partial charge in [-0.3, -0.25) is 9.59 Å². The first-order valence-electron chi connectivity index (χ1n) is 7.45. The third-order valence-electron chi connectivity index (χ3n) is 3.36. The Kier molecular flexibility index (Phi) is 5.47. The standard InChI is InChI=1S/C17H18N2O5/c1-4-14-16(11(3)24-19-14)17(22)23-9-15(21)18-13-7-5-6-12(8-13)10(2)20/h5-8H,4,9H2,1-3H3,(H,18,21). The van der Waals surface area contributed by atoms with Crippen LogP contribution < -0.4 is 5.32 Å². The van der Waals surface area contributed by atoms with E-state index < -0.39 is 18.5 Å². The summed E-state index contributed by atoms with van der Waals surface area (Å²) in [7, 11) is 0. The van der Waals surface area contributed by atoms with E-state index in [0.29, 0.717) is 29.1 Å². The molecule has 0 aliphatic carbocycles. The molecule has 2 rings (SSSR count). The maximum atomic E-state index is 12.1. The first-order valence-corrected chi connectivity index (χ1v) is 7.45. The van der Waals surface area contributed by atoms with Gasteiger partial charge in [0.25, 0.3) is 5.91 Å². The zero-order chi connectivity index (χ0) is 17.7. The number of anilines is 1. The van der Waals surface area contributed by atoms with Gasteiger partial charge in [0.1, 0.15) is 11.3 Å². The Labute approximate surface area is 139 Å². The van der Waals surface area contributed by atoms with Gasteiger partial charge < -0.3 is 14.6 Å². The first kappa shape index (κ1) is 17.4. The molecule has 0 spiro atoms. The normalized spacial score (nSPS) is 10.3. The topological polar surface area (TPSA) is 98.5 Å². The summed E-state index contributed by atoms with van der Waals surface area (Å²) in [6.45, 7) is 4.44. The third-order valence-corrected chi connectivity index (χ3v) is 3.36. The fraction of sp³-hybridized carbons (Fsp3) is 0.294. The summed E-state index contributed by atoms with van der Waals surface area (Å²) in [5.74, 6) is -0.909. The molecule has 0 saturated heterocycles. The average molecular weight is 330 g/mol. The number of esters is 1. The number of amides is 1. The Morgan fingerprint density at radius 2 is 2.04 bits per heavy atom. The zero-order valence-corrected chi connectivity index (χ0v) is 13.7. The lowest BCUT2D eigenvalue weighted by Crippen LogP contribution is -2.21. The van der Waals surface area contributed by atoms with Crippen molar-refractivity contribution in [3.8, 4) is 0 Å². The number of rotatable bonds is 6. The van der Waals surface area contributed by atoms with E-state index in [-0.39, 0.29) is 11.3 Å². The number of hydrogen-bond donors (Lipinski definition) is 1.